The van der Waals surface area contributed by atoms with Crippen molar-refractivity contribution in [3.63, 3.8) is 0 Å². The van der Waals surface area contributed by atoms with Gasteiger partial charge in [0.2, 0.25) is 11.8 Å². The van der Waals surface area contributed by atoms with Gasteiger partial charge in [0.15, 0.2) is 5.82 Å². The van der Waals surface area contributed by atoms with Crippen LogP contribution in [0.5, 0.6) is 17.6 Å². The number of ether oxygens (including phenoxy) is 3. The lowest BCUT2D eigenvalue weighted by molar-refractivity contribution is -0.136. The third kappa shape index (κ3) is 6.76. The number of hydrogen-bond acceptors (Lipinski definition) is 11. The number of anilines is 1. The predicted molar refractivity (Wildman–Crippen MR) is 202 cm³/mol. The number of halogens is 2. The zero-order valence-electron chi connectivity index (χ0n) is 31.4. The zero-order valence-corrected chi connectivity index (χ0v) is 31.4. The Labute approximate surface area is 318 Å². The minimum Gasteiger partial charge on any atom is -0.508 e. The summed E-state index contributed by atoms with van der Waals surface area (Å²) in [6.45, 7) is 7.88. The van der Waals surface area contributed by atoms with Crippen molar-refractivity contribution in [1.82, 2.24) is 24.8 Å². The van der Waals surface area contributed by atoms with E-state index in [-0.39, 0.29) is 87.6 Å². The van der Waals surface area contributed by atoms with Crippen LogP contribution in [0.2, 0.25) is 0 Å². The number of carbonyl (C=O) groups excluding carboxylic acids is 1. The number of amides is 1. The van der Waals surface area contributed by atoms with Crippen molar-refractivity contribution in [2.45, 2.75) is 57.6 Å². The molecular weight excluding hydrogens is 710 g/mol. The van der Waals surface area contributed by atoms with Crippen molar-refractivity contribution >= 4 is 33.4 Å². The van der Waals surface area contributed by atoms with E-state index in [1.807, 2.05) is 4.90 Å². The van der Waals surface area contributed by atoms with Crippen molar-refractivity contribution in [3.05, 3.63) is 41.5 Å². The van der Waals surface area contributed by atoms with Gasteiger partial charge < -0.3 is 34.2 Å². The van der Waals surface area contributed by atoms with Gasteiger partial charge in [-0.2, -0.15) is 9.97 Å². The number of aromatic nitrogens is 3. The fourth-order valence-corrected chi connectivity index (χ4v) is 9.37. The number of fused-ring (bicyclic) bond motifs is 3. The number of likely N-dealkylation sites (tertiary alicyclic amines) is 2. The monoisotopic (exact) mass is 756 g/mol. The number of β-amino-alcohol motifs (C(OH)–C–C–N with tert-alkyl or cyclic N) is 1. The molecule has 5 heterocycles. The Hall–Kier alpha value is -4.84. The van der Waals surface area contributed by atoms with Crippen LogP contribution in [0.1, 0.15) is 51.5 Å². The first-order chi connectivity index (χ1) is 26.4. The molecule has 0 unspecified atom stereocenters. The van der Waals surface area contributed by atoms with Gasteiger partial charge in [-0.15, -0.1) is 6.42 Å². The largest absolute Gasteiger partial charge is 0.508 e. The average Bonchev–Trinajstić information content (AvgIpc) is 3.49. The van der Waals surface area contributed by atoms with E-state index in [0.29, 0.717) is 30.5 Å². The normalized spacial score (nSPS) is 24.7. The second-order valence-electron chi connectivity index (χ2n) is 15.9. The first kappa shape index (κ1) is 37.1. The predicted octanol–water partition coefficient (Wildman–Crippen LogP) is 4.90. The van der Waals surface area contributed by atoms with E-state index in [0.717, 1.165) is 58.3 Å². The molecule has 2 aromatic heterocycles. The maximum atomic E-state index is 17.3. The van der Waals surface area contributed by atoms with Crippen LogP contribution in [0.4, 0.5) is 14.6 Å². The highest BCUT2D eigenvalue weighted by molar-refractivity contribution is 6.04. The highest BCUT2D eigenvalue weighted by atomic mass is 19.1. The van der Waals surface area contributed by atoms with Gasteiger partial charge in [-0.3, -0.25) is 9.69 Å². The minimum atomic E-state index is -1.26. The Bertz CT molecular complexity index is 2210. The van der Waals surface area contributed by atoms with Crippen LogP contribution in [0, 0.1) is 35.3 Å². The molecule has 1 saturated carbocycles. The van der Waals surface area contributed by atoms with E-state index in [2.05, 4.69) is 20.8 Å². The van der Waals surface area contributed by atoms with Gasteiger partial charge in [0.1, 0.15) is 39.6 Å². The number of phenols is 1. The van der Waals surface area contributed by atoms with Gasteiger partial charge in [-0.05, 0) is 62.7 Å². The number of terminal acetylenes is 1. The number of hydrogen-bond donors (Lipinski definition) is 2. The fourth-order valence-electron chi connectivity index (χ4n) is 9.37. The maximum absolute atomic E-state index is 17.3. The second kappa shape index (κ2) is 14.3. The smallest absolute Gasteiger partial charge is 0.319 e. The Morgan fingerprint density at radius 3 is 2.69 bits per heavy atom. The maximum Gasteiger partial charge on any atom is 0.319 e. The number of benzene rings is 2. The molecule has 0 bridgehead atoms. The molecule has 4 fully saturated rings. The Morgan fingerprint density at radius 2 is 1.93 bits per heavy atom. The summed E-state index contributed by atoms with van der Waals surface area (Å²) in [7, 11) is 1.39. The van der Waals surface area contributed by atoms with Crippen molar-refractivity contribution in [1.29, 1.82) is 0 Å². The van der Waals surface area contributed by atoms with E-state index >= 15 is 8.78 Å². The summed E-state index contributed by atoms with van der Waals surface area (Å²) in [5, 5.41) is 22.6. The molecule has 290 valence electrons. The molecule has 4 aromatic rings. The SMILES string of the molecule is C#Cc1c(F)ccc2cc(O)cc(-c3nc(OC)c4c(N5CCOC[C@@](C)(O)C5)nc(OC[C@]56CCC[C@H]5N(CC5CN(C(C)=O)C5)CCC6)nc4c3F)c12. The van der Waals surface area contributed by atoms with Gasteiger partial charge in [0, 0.05) is 61.4 Å². The number of rotatable bonds is 8. The lowest BCUT2D eigenvalue weighted by Gasteiger charge is -2.49. The summed E-state index contributed by atoms with van der Waals surface area (Å²) in [5.41, 5.74) is -1.88. The molecule has 0 spiro atoms. The minimum absolute atomic E-state index is 0.0235. The summed E-state index contributed by atoms with van der Waals surface area (Å²) in [6, 6.07) is 5.61. The van der Waals surface area contributed by atoms with E-state index in [4.69, 9.17) is 25.6 Å². The molecule has 1 aliphatic carbocycles. The van der Waals surface area contributed by atoms with Crippen LogP contribution in [-0.4, -0.2) is 119 Å². The van der Waals surface area contributed by atoms with Crippen LogP contribution in [0.3, 0.4) is 0 Å². The zero-order chi connectivity index (χ0) is 38.6. The molecular formula is C41H46F2N6O6. The third-order valence-electron chi connectivity index (χ3n) is 11.9. The molecule has 4 aliphatic rings. The summed E-state index contributed by atoms with van der Waals surface area (Å²) in [5.74, 6) is 1.41. The van der Waals surface area contributed by atoms with E-state index < -0.39 is 17.2 Å². The van der Waals surface area contributed by atoms with Crippen molar-refractivity contribution in [3.8, 4) is 41.2 Å². The molecule has 2 N–H and O–H groups in total. The number of carbonyl (C=O) groups is 1. The number of aliphatic hydroxyl groups is 1. The number of phenolic OH excluding ortho intramolecular Hbond substituents is 1. The molecule has 0 radical (unpaired) electrons. The summed E-state index contributed by atoms with van der Waals surface area (Å²) in [4.78, 5) is 32.2. The molecule has 1 amide bonds. The Morgan fingerprint density at radius 1 is 1.13 bits per heavy atom. The topological polar surface area (TPSA) is 134 Å². The molecule has 8 rings (SSSR count). The van der Waals surface area contributed by atoms with Crippen molar-refractivity contribution in [2.75, 3.05) is 71.1 Å². The molecule has 55 heavy (non-hydrogen) atoms. The van der Waals surface area contributed by atoms with Crippen molar-refractivity contribution < 1.29 is 38.0 Å². The highest BCUT2D eigenvalue weighted by Crippen LogP contribution is 2.49. The lowest BCUT2D eigenvalue weighted by atomic mass is 9.75. The van der Waals surface area contributed by atoms with Crippen molar-refractivity contribution in [2.24, 2.45) is 11.3 Å². The average molecular weight is 757 g/mol. The molecule has 12 nitrogen and oxygen atoms in total. The van der Waals surface area contributed by atoms with Crippen LogP contribution in [0.25, 0.3) is 32.9 Å². The van der Waals surface area contributed by atoms with Gasteiger partial charge in [0.25, 0.3) is 0 Å². The number of pyridine rings is 1. The van der Waals surface area contributed by atoms with Crippen LogP contribution >= 0.6 is 0 Å². The van der Waals surface area contributed by atoms with E-state index in [1.54, 1.807) is 18.7 Å². The number of nitrogens with zero attached hydrogens (tertiary/aromatic N) is 6. The Balaban J connectivity index is 1.22. The molecule has 3 atom stereocenters. The molecule has 3 aliphatic heterocycles. The second-order valence-corrected chi connectivity index (χ2v) is 15.9. The van der Waals surface area contributed by atoms with Gasteiger partial charge >= 0.3 is 6.01 Å². The summed E-state index contributed by atoms with van der Waals surface area (Å²) in [6.07, 6.45) is 10.8. The quantitative estimate of drug-likeness (QED) is 0.238. The first-order valence-corrected chi connectivity index (χ1v) is 18.9. The lowest BCUT2D eigenvalue weighted by Crippen LogP contribution is -2.58. The van der Waals surface area contributed by atoms with Crippen LogP contribution < -0.4 is 14.4 Å². The molecule has 3 saturated heterocycles. The summed E-state index contributed by atoms with van der Waals surface area (Å²) >= 11 is 0. The highest BCUT2D eigenvalue weighted by Gasteiger charge is 2.49. The number of aromatic hydroxyl groups is 1. The van der Waals surface area contributed by atoms with E-state index in [9.17, 15) is 15.0 Å². The third-order valence-corrected chi connectivity index (χ3v) is 11.9. The molecule has 2 aromatic carbocycles. The number of piperidine rings is 1. The van der Waals surface area contributed by atoms with E-state index in [1.165, 1.54) is 31.4 Å². The first-order valence-electron chi connectivity index (χ1n) is 18.9. The standard InChI is InChI=1S/C41H46F2N6O6/c1-5-28-30(42)10-9-26-16-27(51)17-29(32(26)28)35-34(43)36-33(38(44-35)53-4)37(48-14-15-54-22-40(3,52)21-48)46-39(45-36)55-23-41-11-6-8-31(41)47(13-7-12-41)18-25-19-49(20-25)24(2)50/h1,9-10,16-17,25,31,51-52H,6-8,11-15,18-23H2,2-4H3/t31-,40+,41-/m1/s1. The van der Waals surface area contributed by atoms with Crippen LogP contribution in [-0.2, 0) is 9.53 Å². The van der Waals surface area contributed by atoms with Crippen LogP contribution in [0.15, 0.2) is 24.3 Å². The molecule has 14 heteroatoms. The van der Waals surface area contributed by atoms with Gasteiger partial charge in [-0.1, -0.05) is 18.4 Å². The number of methoxy groups -OCH3 is 1. The van der Waals surface area contributed by atoms with Gasteiger partial charge in [-0.25, -0.2) is 13.8 Å². The van der Waals surface area contributed by atoms with Gasteiger partial charge in [0.05, 0.1) is 39.0 Å². The Kier molecular flexibility index (Phi) is 9.68. The summed E-state index contributed by atoms with van der Waals surface area (Å²) < 4.78 is 50.4. The fraction of sp³-hybridized carbons (Fsp3) is 0.512.